The molecule has 3 heteroatoms. The quantitative estimate of drug-likeness (QED) is 0.894. The molecule has 1 aromatic rings. The minimum Gasteiger partial charge on any atom is -0.312 e. The highest BCUT2D eigenvalue weighted by atomic mass is 15.2. The number of likely N-dealkylation sites (N-methyl/N-ethyl adjacent to an activating group) is 1. The van der Waals surface area contributed by atoms with Crippen molar-refractivity contribution in [1.82, 2.24) is 15.2 Å². The molecule has 2 heterocycles. The molecule has 3 rings (SSSR count). The van der Waals surface area contributed by atoms with E-state index < -0.39 is 0 Å². The van der Waals surface area contributed by atoms with Crippen molar-refractivity contribution in [1.29, 1.82) is 0 Å². The first-order valence-corrected chi connectivity index (χ1v) is 8.14. The Labute approximate surface area is 122 Å². The van der Waals surface area contributed by atoms with E-state index in [2.05, 4.69) is 47.2 Å². The van der Waals surface area contributed by atoms with Gasteiger partial charge in [0.05, 0.1) is 5.69 Å². The molecule has 0 radical (unpaired) electrons. The Hall–Kier alpha value is -0.930. The third-order valence-corrected chi connectivity index (χ3v) is 5.11. The number of hydrogen-bond acceptors (Lipinski definition) is 3. The van der Waals surface area contributed by atoms with Crippen molar-refractivity contribution >= 4 is 0 Å². The summed E-state index contributed by atoms with van der Waals surface area (Å²) >= 11 is 0. The van der Waals surface area contributed by atoms with Crippen molar-refractivity contribution in [2.45, 2.75) is 45.7 Å². The van der Waals surface area contributed by atoms with Crippen LogP contribution in [-0.4, -0.2) is 35.6 Å². The first-order valence-electron chi connectivity index (χ1n) is 8.14. The van der Waals surface area contributed by atoms with E-state index in [0.29, 0.717) is 6.04 Å². The lowest BCUT2D eigenvalue weighted by atomic mass is 9.94. The largest absolute Gasteiger partial charge is 0.312 e. The van der Waals surface area contributed by atoms with Gasteiger partial charge in [-0.15, -0.1) is 0 Å². The Morgan fingerprint density at radius 2 is 2.25 bits per heavy atom. The third kappa shape index (κ3) is 3.04. The van der Waals surface area contributed by atoms with E-state index in [1.807, 2.05) is 0 Å². The monoisotopic (exact) mass is 273 g/mol. The van der Waals surface area contributed by atoms with Gasteiger partial charge in [-0.1, -0.05) is 19.4 Å². The predicted octanol–water partition coefficient (Wildman–Crippen LogP) is 2.60. The molecule has 20 heavy (non-hydrogen) atoms. The van der Waals surface area contributed by atoms with E-state index in [9.17, 15) is 0 Å². The van der Waals surface area contributed by atoms with Crippen LogP contribution in [0, 0.1) is 18.8 Å². The van der Waals surface area contributed by atoms with Crippen LogP contribution in [0.2, 0.25) is 0 Å². The fourth-order valence-electron chi connectivity index (χ4n) is 4.00. The number of fused-ring (bicyclic) bond motifs is 1. The third-order valence-electron chi connectivity index (χ3n) is 5.11. The average molecular weight is 273 g/mol. The molecule has 2 fully saturated rings. The Bertz CT molecular complexity index is 446. The maximum Gasteiger partial charge on any atom is 0.0547 e. The summed E-state index contributed by atoms with van der Waals surface area (Å²) < 4.78 is 0. The maximum absolute atomic E-state index is 4.64. The molecule has 0 spiro atoms. The van der Waals surface area contributed by atoms with Crippen LogP contribution in [0.4, 0.5) is 0 Å². The summed E-state index contributed by atoms with van der Waals surface area (Å²) in [6.45, 7) is 8.83. The summed E-state index contributed by atoms with van der Waals surface area (Å²) in [7, 11) is 0. The molecule has 1 saturated heterocycles. The number of pyridine rings is 1. The zero-order valence-electron chi connectivity index (χ0n) is 12.8. The Kier molecular flexibility index (Phi) is 4.37. The van der Waals surface area contributed by atoms with Gasteiger partial charge in [0.2, 0.25) is 0 Å². The van der Waals surface area contributed by atoms with Crippen LogP contribution in [0.25, 0.3) is 0 Å². The SMILES string of the molecule is CCN(Cc1cccc(C)n1)CC1NCC2CCCC21. The van der Waals surface area contributed by atoms with E-state index >= 15 is 0 Å². The second kappa shape index (κ2) is 6.23. The molecule has 1 aliphatic heterocycles. The second-order valence-electron chi connectivity index (χ2n) is 6.47. The number of hydrogen-bond donors (Lipinski definition) is 1. The molecule has 3 atom stereocenters. The lowest BCUT2D eigenvalue weighted by Gasteiger charge is -2.27. The zero-order chi connectivity index (χ0) is 13.9. The molecular formula is C17H27N3. The number of aryl methyl sites for hydroxylation is 1. The van der Waals surface area contributed by atoms with Crippen molar-refractivity contribution in [2.75, 3.05) is 19.6 Å². The van der Waals surface area contributed by atoms with Gasteiger partial charge in [-0.2, -0.15) is 0 Å². The Morgan fingerprint density at radius 1 is 1.35 bits per heavy atom. The summed E-state index contributed by atoms with van der Waals surface area (Å²) in [6.07, 6.45) is 4.32. The van der Waals surface area contributed by atoms with Gasteiger partial charge in [0, 0.05) is 24.8 Å². The lowest BCUT2D eigenvalue weighted by Crippen LogP contribution is -2.40. The molecule has 1 aromatic heterocycles. The van der Waals surface area contributed by atoms with Crippen molar-refractivity contribution in [2.24, 2.45) is 11.8 Å². The van der Waals surface area contributed by atoms with Crippen LogP contribution >= 0.6 is 0 Å². The highest BCUT2D eigenvalue weighted by Crippen LogP contribution is 2.37. The topological polar surface area (TPSA) is 28.2 Å². The van der Waals surface area contributed by atoms with Crippen molar-refractivity contribution in [3.8, 4) is 0 Å². The summed E-state index contributed by atoms with van der Waals surface area (Å²) in [6, 6.07) is 7.04. The molecule has 3 nitrogen and oxygen atoms in total. The minimum atomic E-state index is 0.701. The van der Waals surface area contributed by atoms with Crippen LogP contribution in [0.3, 0.4) is 0 Å². The van der Waals surface area contributed by atoms with Crippen LogP contribution in [0.5, 0.6) is 0 Å². The Morgan fingerprint density at radius 3 is 3.05 bits per heavy atom. The van der Waals surface area contributed by atoms with Crippen molar-refractivity contribution in [3.05, 3.63) is 29.6 Å². The maximum atomic E-state index is 4.64. The zero-order valence-corrected chi connectivity index (χ0v) is 12.8. The van der Waals surface area contributed by atoms with E-state index in [1.165, 1.54) is 38.0 Å². The van der Waals surface area contributed by atoms with Gasteiger partial charge in [-0.25, -0.2) is 0 Å². The first kappa shape index (κ1) is 14.0. The highest BCUT2D eigenvalue weighted by molar-refractivity contribution is 5.10. The highest BCUT2D eigenvalue weighted by Gasteiger charge is 2.39. The molecule has 3 unspecified atom stereocenters. The fourth-order valence-corrected chi connectivity index (χ4v) is 4.00. The molecule has 0 amide bonds. The van der Waals surface area contributed by atoms with Gasteiger partial charge < -0.3 is 5.32 Å². The standard InChI is InChI=1S/C17H27N3/c1-3-20(11-15-8-4-6-13(2)19-15)12-17-16-9-5-7-14(16)10-18-17/h4,6,8,14,16-18H,3,5,7,9-12H2,1-2H3. The van der Waals surface area contributed by atoms with E-state index in [4.69, 9.17) is 0 Å². The van der Waals surface area contributed by atoms with E-state index in [0.717, 1.165) is 30.6 Å². The van der Waals surface area contributed by atoms with Gasteiger partial charge in [0.25, 0.3) is 0 Å². The van der Waals surface area contributed by atoms with Gasteiger partial charge in [0.15, 0.2) is 0 Å². The van der Waals surface area contributed by atoms with Crippen LogP contribution in [-0.2, 0) is 6.54 Å². The fraction of sp³-hybridized carbons (Fsp3) is 0.706. The van der Waals surface area contributed by atoms with Crippen molar-refractivity contribution in [3.63, 3.8) is 0 Å². The van der Waals surface area contributed by atoms with Crippen LogP contribution in [0.15, 0.2) is 18.2 Å². The summed E-state index contributed by atoms with van der Waals surface area (Å²) in [5.74, 6) is 1.88. The lowest BCUT2D eigenvalue weighted by molar-refractivity contribution is 0.226. The Balaban J connectivity index is 1.59. The van der Waals surface area contributed by atoms with Gasteiger partial charge in [-0.3, -0.25) is 9.88 Å². The van der Waals surface area contributed by atoms with Gasteiger partial charge >= 0.3 is 0 Å². The van der Waals surface area contributed by atoms with E-state index in [-0.39, 0.29) is 0 Å². The van der Waals surface area contributed by atoms with Crippen LogP contribution < -0.4 is 5.32 Å². The van der Waals surface area contributed by atoms with Gasteiger partial charge in [-0.05, 0) is 56.8 Å². The molecule has 2 aliphatic rings. The number of nitrogens with zero attached hydrogens (tertiary/aromatic N) is 2. The smallest absolute Gasteiger partial charge is 0.0547 e. The molecule has 0 bridgehead atoms. The minimum absolute atomic E-state index is 0.701. The van der Waals surface area contributed by atoms with Crippen molar-refractivity contribution < 1.29 is 0 Å². The molecule has 110 valence electrons. The molecule has 1 aliphatic carbocycles. The average Bonchev–Trinajstić information content (AvgIpc) is 3.03. The molecule has 1 N–H and O–H groups in total. The van der Waals surface area contributed by atoms with Crippen LogP contribution in [0.1, 0.15) is 37.6 Å². The normalized spacial score (nSPS) is 29.1. The first-order chi connectivity index (χ1) is 9.76. The number of rotatable bonds is 5. The molecular weight excluding hydrogens is 246 g/mol. The second-order valence-corrected chi connectivity index (χ2v) is 6.47. The van der Waals surface area contributed by atoms with E-state index in [1.54, 1.807) is 0 Å². The summed E-state index contributed by atoms with van der Waals surface area (Å²) in [4.78, 5) is 7.18. The summed E-state index contributed by atoms with van der Waals surface area (Å²) in [5, 5.41) is 3.76. The van der Waals surface area contributed by atoms with Gasteiger partial charge in [0.1, 0.15) is 0 Å². The predicted molar refractivity (Wildman–Crippen MR) is 82.5 cm³/mol. The number of aromatic nitrogens is 1. The molecule has 0 aromatic carbocycles. The molecule has 1 saturated carbocycles. The summed E-state index contributed by atoms with van der Waals surface area (Å²) in [5.41, 5.74) is 2.32. The number of nitrogens with one attached hydrogen (secondary N) is 1.